The summed E-state index contributed by atoms with van der Waals surface area (Å²) >= 11 is 0. The van der Waals surface area contributed by atoms with Crippen molar-refractivity contribution < 1.29 is 19.4 Å². The van der Waals surface area contributed by atoms with Crippen molar-refractivity contribution in [3.63, 3.8) is 0 Å². The molecule has 1 aromatic carbocycles. The van der Waals surface area contributed by atoms with Crippen LogP contribution in [0.4, 0.5) is 0 Å². The maximum Gasteiger partial charge on any atom is 0.303 e. The predicted molar refractivity (Wildman–Crippen MR) is 75.6 cm³/mol. The summed E-state index contributed by atoms with van der Waals surface area (Å²) in [6.07, 6.45) is 1.32. The average molecular weight is 279 g/mol. The molecule has 0 aliphatic rings. The second-order valence-electron chi connectivity index (χ2n) is 4.75. The van der Waals surface area contributed by atoms with Crippen LogP contribution in [0.3, 0.4) is 0 Å². The highest BCUT2D eigenvalue weighted by molar-refractivity contribution is 5.95. The molecular weight excluding hydrogens is 258 g/mol. The smallest absolute Gasteiger partial charge is 0.303 e. The zero-order valence-electron chi connectivity index (χ0n) is 11.9. The van der Waals surface area contributed by atoms with Gasteiger partial charge in [-0.2, -0.15) is 0 Å². The van der Waals surface area contributed by atoms with Crippen LogP contribution in [0.2, 0.25) is 0 Å². The number of methoxy groups -OCH3 is 1. The molecule has 1 aromatic rings. The second kappa shape index (κ2) is 8.32. The van der Waals surface area contributed by atoms with Gasteiger partial charge in [-0.1, -0.05) is 18.2 Å². The Morgan fingerprint density at radius 3 is 2.70 bits per heavy atom. The topological polar surface area (TPSA) is 75.6 Å². The first-order valence-electron chi connectivity index (χ1n) is 6.64. The number of hydrogen-bond acceptors (Lipinski definition) is 3. The van der Waals surface area contributed by atoms with E-state index in [1.54, 1.807) is 13.2 Å². The lowest BCUT2D eigenvalue weighted by atomic mass is 10.1. The maximum atomic E-state index is 12.2. The molecule has 1 unspecified atom stereocenters. The number of hydrogen-bond donors (Lipinski definition) is 2. The summed E-state index contributed by atoms with van der Waals surface area (Å²) in [6.45, 7) is 2.26. The van der Waals surface area contributed by atoms with Crippen LogP contribution in [0.25, 0.3) is 0 Å². The number of carbonyl (C=O) groups excluding carboxylic acids is 1. The SMILES string of the molecule is COCc1ccccc1C(=O)NC(C)CCCC(=O)O. The molecule has 0 bridgehead atoms. The zero-order chi connectivity index (χ0) is 15.0. The first-order valence-corrected chi connectivity index (χ1v) is 6.64. The van der Waals surface area contributed by atoms with Gasteiger partial charge in [0.05, 0.1) is 6.61 Å². The van der Waals surface area contributed by atoms with Crippen LogP contribution < -0.4 is 5.32 Å². The Kier molecular flexibility index (Phi) is 6.73. The van der Waals surface area contributed by atoms with Crippen molar-refractivity contribution in [3.05, 3.63) is 35.4 Å². The van der Waals surface area contributed by atoms with Gasteiger partial charge in [-0.15, -0.1) is 0 Å². The highest BCUT2D eigenvalue weighted by Crippen LogP contribution is 2.11. The first kappa shape index (κ1) is 16.2. The molecule has 0 aromatic heterocycles. The quantitative estimate of drug-likeness (QED) is 0.765. The fraction of sp³-hybridized carbons (Fsp3) is 0.467. The van der Waals surface area contributed by atoms with Gasteiger partial charge in [-0.3, -0.25) is 9.59 Å². The molecule has 0 radical (unpaired) electrons. The predicted octanol–water partition coefficient (Wildman–Crippen LogP) is 2.21. The molecule has 5 nitrogen and oxygen atoms in total. The minimum Gasteiger partial charge on any atom is -0.481 e. The Balaban J connectivity index is 2.55. The summed E-state index contributed by atoms with van der Waals surface area (Å²) in [5.41, 5.74) is 1.43. The van der Waals surface area contributed by atoms with E-state index in [4.69, 9.17) is 9.84 Å². The largest absolute Gasteiger partial charge is 0.481 e. The van der Waals surface area contributed by atoms with Gasteiger partial charge >= 0.3 is 5.97 Å². The van der Waals surface area contributed by atoms with Gasteiger partial charge in [-0.25, -0.2) is 0 Å². The van der Waals surface area contributed by atoms with E-state index >= 15 is 0 Å². The van der Waals surface area contributed by atoms with E-state index in [-0.39, 0.29) is 18.4 Å². The van der Waals surface area contributed by atoms with E-state index < -0.39 is 5.97 Å². The third-order valence-electron chi connectivity index (χ3n) is 2.97. The average Bonchev–Trinajstić information content (AvgIpc) is 2.39. The number of carboxylic acids is 1. The number of ether oxygens (including phenoxy) is 1. The van der Waals surface area contributed by atoms with E-state index in [1.807, 2.05) is 25.1 Å². The summed E-state index contributed by atoms with van der Waals surface area (Å²) < 4.78 is 5.07. The summed E-state index contributed by atoms with van der Waals surface area (Å²) in [7, 11) is 1.59. The van der Waals surface area contributed by atoms with Crippen LogP contribution in [-0.4, -0.2) is 30.1 Å². The van der Waals surface area contributed by atoms with Crippen LogP contribution in [0.15, 0.2) is 24.3 Å². The molecule has 110 valence electrons. The maximum absolute atomic E-state index is 12.2. The fourth-order valence-electron chi connectivity index (χ4n) is 1.96. The summed E-state index contributed by atoms with van der Waals surface area (Å²) in [4.78, 5) is 22.6. The van der Waals surface area contributed by atoms with E-state index in [0.717, 1.165) is 5.56 Å². The van der Waals surface area contributed by atoms with Crippen molar-refractivity contribution in [1.82, 2.24) is 5.32 Å². The monoisotopic (exact) mass is 279 g/mol. The molecule has 2 N–H and O–H groups in total. The van der Waals surface area contributed by atoms with E-state index in [9.17, 15) is 9.59 Å². The molecule has 0 aliphatic carbocycles. The summed E-state index contributed by atoms with van der Waals surface area (Å²) in [6, 6.07) is 7.23. The van der Waals surface area contributed by atoms with Crippen LogP contribution in [-0.2, 0) is 16.1 Å². The number of rotatable bonds is 8. The number of carbonyl (C=O) groups is 2. The highest BCUT2D eigenvalue weighted by atomic mass is 16.5. The van der Waals surface area contributed by atoms with Gasteiger partial charge in [0.2, 0.25) is 0 Å². The lowest BCUT2D eigenvalue weighted by molar-refractivity contribution is -0.137. The Bertz CT molecular complexity index is 459. The van der Waals surface area contributed by atoms with Gasteiger partial charge in [-0.05, 0) is 31.4 Å². The van der Waals surface area contributed by atoms with Crippen molar-refractivity contribution in [2.75, 3.05) is 7.11 Å². The fourth-order valence-corrected chi connectivity index (χ4v) is 1.96. The number of benzene rings is 1. The molecule has 0 saturated carbocycles. The van der Waals surface area contributed by atoms with Crippen molar-refractivity contribution in [2.24, 2.45) is 0 Å². The van der Waals surface area contributed by atoms with E-state index in [0.29, 0.717) is 25.0 Å². The molecule has 0 saturated heterocycles. The van der Waals surface area contributed by atoms with E-state index in [2.05, 4.69) is 5.32 Å². The molecule has 0 aliphatic heterocycles. The minimum absolute atomic E-state index is 0.0579. The molecule has 1 amide bonds. The highest BCUT2D eigenvalue weighted by Gasteiger charge is 2.13. The Morgan fingerprint density at radius 2 is 2.05 bits per heavy atom. The summed E-state index contributed by atoms with van der Waals surface area (Å²) in [5, 5.41) is 11.5. The van der Waals surface area contributed by atoms with E-state index in [1.165, 1.54) is 0 Å². The van der Waals surface area contributed by atoms with Crippen LogP contribution in [0.5, 0.6) is 0 Å². The Hall–Kier alpha value is -1.88. The molecule has 0 heterocycles. The lowest BCUT2D eigenvalue weighted by Gasteiger charge is -2.15. The standard InChI is InChI=1S/C15H21NO4/c1-11(6-5-9-14(17)18)16-15(19)13-8-4-3-7-12(13)10-20-2/h3-4,7-8,11H,5-6,9-10H2,1-2H3,(H,16,19)(H,17,18). The minimum atomic E-state index is -0.811. The molecule has 0 fully saturated rings. The molecular formula is C15H21NO4. The molecule has 1 rings (SSSR count). The van der Waals surface area contributed by atoms with Crippen molar-refractivity contribution in [1.29, 1.82) is 0 Å². The lowest BCUT2D eigenvalue weighted by Crippen LogP contribution is -2.33. The molecule has 20 heavy (non-hydrogen) atoms. The van der Waals surface area contributed by atoms with Gasteiger partial charge < -0.3 is 15.2 Å². The second-order valence-corrected chi connectivity index (χ2v) is 4.75. The van der Waals surface area contributed by atoms with Crippen LogP contribution >= 0.6 is 0 Å². The van der Waals surface area contributed by atoms with Gasteiger partial charge in [0.25, 0.3) is 5.91 Å². The van der Waals surface area contributed by atoms with Crippen molar-refractivity contribution in [3.8, 4) is 0 Å². The third kappa shape index (κ3) is 5.40. The van der Waals surface area contributed by atoms with Crippen LogP contribution in [0, 0.1) is 0 Å². The van der Waals surface area contributed by atoms with Gasteiger partial charge in [0.15, 0.2) is 0 Å². The Morgan fingerprint density at radius 1 is 1.35 bits per heavy atom. The molecule has 0 spiro atoms. The van der Waals surface area contributed by atoms with Crippen LogP contribution in [0.1, 0.15) is 42.1 Å². The normalized spacial score (nSPS) is 11.9. The molecule has 1 atom stereocenters. The molecule has 5 heteroatoms. The number of nitrogens with one attached hydrogen (secondary N) is 1. The Labute approximate surface area is 118 Å². The third-order valence-corrected chi connectivity index (χ3v) is 2.97. The number of aliphatic carboxylic acids is 1. The first-order chi connectivity index (χ1) is 9.54. The van der Waals surface area contributed by atoms with Crippen molar-refractivity contribution in [2.45, 2.75) is 38.8 Å². The van der Waals surface area contributed by atoms with Gasteiger partial charge in [0.1, 0.15) is 0 Å². The number of amides is 1. The zero-order valence-corrected chi connectivity index (χ0v) is 11.9. The van der Waals surface area contributed by atoms with Crippen molar-refractivity contribution >= 4 is 11.9 Å². The van der Waals surface area contributed by atoms with Gasteiger partial charge in [0, 0.05) is 25.1 Å². The summed E-state index contributed by atoms with van der Waals surface area (Å²) in [5.74, 6) is -0.963. The number of carboxylic acid groups (broad SMARTS) is 1.